The molecule has 3 rings (SSSR count). The molecule has 0 aromatic carbocycles. The van der Waals surface area contributed by atoms with Crippen LogP contribution in [0.5, 0.6) is 0 Å². The van der Waals surface area contributed by atoms with Crippen molar-refractivity contribution in [2.24, 2.45) is 0 Å². The highest BCUT2D eigenvalue weighted by Crippen LogP contribution is 2.21. The molecular formula is C20H13N7. The molecule has 0 saturated carbocycles. The van der Waals surface area contributed by atoms with Gasteiger partial charge in [0, 0.05) is 36.6 Å². The molecule has 0 saturated heterocycles. The highest BCUT2D eigenvalue weighted by Gasteiger charge is 2.14. The van der Waals surface area contributed by atoms with Gasteiger partial charge in [0.05, 0.1) is 11.9 Å². The lowest BCUT2D eigenvalue weighted by molar-refractivity contribution is 0.786. The molecule has 0 radical (unpaired) electrons. The molecule has 0 atom stereocenters. The Hall–Kier alpha value is -4.28. The lowest BCUT2D eigenvalue weighted by Crippen LogP contribution is -2.23. The minimum atomic E-state index is 0.317. The molecular weight excluding hydrogens is 338 g/mol. The predicted molar refractivity (Wildman–Crippen MR) is 96.7 cm³/mol. The van der Waals surface area contributed by atoms with Gasteiger partial charge in [-0.2, -0.15) is 15.8 Å². The molecule has 3 heterocycles. The van der Waals surface area contributed by atoms with Gasteiger partial charge in [-0.05, 0) is 24.3 Å². The van der Waals surface area contributed by atoms with Crippen molar-refractivity contribution < 1.29 is 0 Å². The smallest absolute Gasteiger partial charge is 0.145 e. The third-order valence-electron chi connectivity index (χ3n) is 3.94. The van der Waals surface area contributed by atoms with E-state index >= 15 is 0 Å². The van der Waals surface area contributed by atoms with E-state index in [1.54, 1.807) is 42.9 Å². The average molecular weight is 351 g/mol. The number of aromatic nitrogens is 3. The number of nitrogens with zero attached hydrogens (tertiary/aromatic N) is 7. The maximum atomic E-state index is 9.31. The molecule has 7 heteroatoms. The second-order valence-electron chi connectivity index (χ2n) is 5.62. The number of hydrogen-bond donors (Lipinski definition) is 0. The maximum absolute atomic E-state index is 9.31. The molecule has 0 N–H and O–H groups in total. The molecule has 0 spiro atoms. The first-order chi connectivity index (χ1) is 13.2. The molecule has 3 aromatic rings. The standard InChI is InChI=1S/C20H13N7/c21-9-17-5-6-18(12-26-17)27(13-15-3-1-7-24-19(15)10-22)14-16-4-2-8-25-20(16)11-23/h1-8,12H,13-14H2. The second kappa shape index (κ2) is 8.20. The van der Waals surface area contributed by atoms with Crippen LogP contribution in [-0.4, -0.2) is 15.0 Å². The number of pyridine rings is 3. The summed E-state index contributed by atoms with van der Waals surface area (Å²) in [5.41, 5.74) is 3.27. The molecule has 0 aliphatic carbocycles. The minimum Gasteiger partial charge on any atom is -0.361 e. The van der Waals surface area contributed by atoms with Crippen molar-refractivity contribution in [3.05, 3.63) is 83.2 Å². The van der Waals surface area contributed by atoms with E-state index in [0.717, 1.165) is 16.8 Å². The summed E-state index contributed by atoms with van der Waals surface area (Å²) in [5.74, 6) is 0. The maximum Gasteiger partial charge on any atom is 0.145 e. The summed E-state index contributed by atoms with van der Waals surface area (Å²) in [6.45, 7) is 0.786. The third kappa shape index (κ3) is 4.04. The Kier molecular flexibility index (Phi) is 5.33. The van der Waals surface area contributed by atoms with Crippen LogP contribution in [0.15, 0.2) is 55.0 Å². The fourth-order valence-corrected chi connectivity index (χ4v) is 2.62. The first-order valence-corrected chi connectivity index (χ1v) is 8.04. The molecule has 3 aromatic heterocycles. The van der Waals surface area contributed by atoms with Crippen LogP contribution >= 0.6 is 0 Å². The highest BCUT2D eigenvalue weighted by molar-refractivity contribution is 5.49. The quantitative estimate of drug-likeness (QED) is 0.694. The number of hydrogen-bond acceptors (Lipinski definition) is 7. The van der Waals surface area contributed by atoms with Crippen LogP contribution < -0.4 is 4.90 Å². The molecule has 0 aliphatic rings. The molecule has 27 heavy (non-hydrogen) atoms. The van der Waals surface area contributed by atoms with E-state index in [1.165, 1.54) is 0 Å². The largest absolute Gasteiger partial charge is 0.361 e. The van der Waals surface area contributed by atoms with E-state index in [0.29, 0.717) is 30.2 Å². The van der Waals surface area contributed by atoms with E-state index in [1.807, 2.05) is 23.1 Å². The van der Waals surface area contributed by atoms with Crippen molar-refractivity contribution in [3.8, 4) is 18.2 Å². The number of anilines is 1. The zero-order chi connectivity index (χ0) is 19.1. The summed E-state index contributed by atoms with van der Waals surface area (Å²) in [5, 5.41) is 27.6. The molecule has 7 nitrogen and oxygen atoms in total. The van der Waals surface area contributed by atoms with Gasteiger partial charge in [-0.1, -0.05) is 12.1 Å². The van der Waals surface area contributed by atoms with Crippen LogP contribution in [0.4, 0.5) is 5.69 Å². The summed E-state index contributed by atoms with van der Waals surface area (Å²) >= 11 is 0. The van der Waals surface area contributed by atoms with Crippen LogP contribution in [0.3, 0.4) is 0 Å². The van der Waals surface area contributed by atoms with Gasteiger partial charge in [-0.15, -0.1) is 0 Å². The van der Waals surface area contributed by atoms with Gasteiger partial charge in [0.1, 0.15) is 35.3 Å². The van der Waals surface area contributed by atoms with Gasteiger partial charge in [0.25, 0.3) is 0 Å². The molecule has 0 fully saturated rings. The highest BCUT2D eigenvalue weighted by atomic mass is 15.1. The topological polar surface area (TPSA) is 113 Å². The number of nitriles is 3. The Morgan fingerprint density at radius 2 is 1.33 bits per heavy atom. The lowest BCUT2D eigenvalue weighted by atomic mass is 10.1. The van der Waals surface area contributed by atoms with Gasteiger partial charge >= 0.3 is 0 Å². The van der Waals surface area contributed by atoms with Crippen molar-refractivity contribution in [2.45, 2.75) is 13.1 Å². The van der Waals surface area contributed by atoms with E-state index in [2.05, 4.69) is 27.1 Å². The van der Waals surface area contributed by atoms with E-state index in [4.69, 9.17) is 5.26 Å². The molecule has 0 unspecified atom stereocenters. The Balaban J connectivity index is 1.99. The molecule has 128 valence electrons. The molecule has 0 amide bonds. The van der Waals surface area contributed by atoms with Gasteiger partial charge in [-0.25, -0.2) is 15.0 Å². The van der Waals surface area contributed by atoms with Crippen LogP contribution in [-0.2, 0) is 13.1 Å². The monoisotopic (exact) mass is 351 g/mol. The van der Waals surface area contributed by atoms with Crippen molar-refractivity contribution in [3.63, 3.8) is 0 Å². The zero-order valence-electron chi connectivity index (χ0n) is 14.2. The van der Waals surface area contributed by atoms with Crippen molar-refractivity contribution >= 4 is 5.69 Å². The second-order valence-corrected chi connectivity index (χ2v) is 5.62. The summed E-state index contributed by atoms with van der Waals surface area (Å²) in [6.07, 6.45) is 4.75. The fraction of sp³-hybridized carbons (Fsp3) is 0.100. The Morgan fingerprint density at radius 1 is 0.741 bits per heavy atom. The van der Waals surface area contributed by atoms with E-state index in [-0.39, 0.29) is 0 Å². The van der Waals surface area contributed by atoms with Crippen molar-refractivity contribution in [1.82, 2.24) is 15.0 Å². The average Bonchev–Trinajstić information content (AvgIpc) is 2.74. The van der Waals surface area contributed by atoms with Gasteiger partial charge in [-0.3, -0.25) is 0 Å². The van der Waals surface area contributed by atoms with Crippen molar-refractivity contribution in [2.75, 3.05) is 4.90 Å². The third-order valence-corrected chi connectivity index (χ3v) is 3.94. The van der Waals surface area contributed by atoms with Crippen LogP contribution in [0.1, 0.15) is 28.2 Å². The first kappa shape index (κ1) is 17.5. The molecule has 0 aliphatic heterocycles. The predicted octanol–water partition coefficient (Wildman–Crippen LogP) is 2.69. The Bertz CT molecular complexity index is 1010. The minimum absolute atomic E-state index is 0.317. The summed E-state index contributed by atoms with van der Waals surface area (Å²) in [7, 11) is 0. The number of rotatable bonds is 5. The zero-order valence-corrected chi connectivity index (χ0v) is 14.2. The Labute approximate surface area is 156 Å². The fourth-order valence-electron chi connectivity index (χ4n) is 2.62. The summed E-state index contributed by atoms with van der Waals surface area (Å²) in [4.78, 5) is 14.3. The van der Waals surface area contributed by atoms with Crippen LogP contribution in [0.2, 0.25) is 0 Å². The van der Waals surface area contributed by atoms with E-state index < -0.39 is 0 Å². The van der Waals surface area contributed by atoms with Crippen LogP contribution in [0, 0.1) is 34.0 Å². The SMILES string of the molecule is N#Cc1ccc(N(Cc2cccnc2C#N)Cc2cccnc2C#N)cn1. The van der Waals surface area contributed by atoms with Gasteiger partial charge < -0.3 is 4.90 Å². The van der Waals surface area contributed by atoms with Gasteiger partial charge in [0.2, 0.25) is 0 Å². The summed E-state index contributed by atoms with van der Waals surface area (Å²) < 4.78 is 0. The Morgan fingerprint density at radius 3 is 1.78 bits per heavy atom. The summed E-state index contributed by atoms with van der Waals surface area (Å²) in [6, 6.07) is 16.8. The lowest BCUT2D eigenvalue weighted by Gasteiger charge is -2.25. The van der Waals surface area contributed by atoms with Crippen LogP contribution in [0.25, 0.3) is 0 Å². The van der Waals surface area contributed by atoms with E-state index in [9.17, 15) is 10.5 Å². The molecule has 0 bridgehead atoms. The van der Waals surface area contributed by atoms with Crippen molar-refractivity contribution in [1.29, 1.82) is 15.8 Å². The van der Waals surface area contributed by atoms with Gasteiger partial charge in [0.15, 0.2) is 0 Å². The first-order valence-electron chi connectivity index (χ1n) is 8.04. The normalized spacial score (nSPS) is 9.67.